The molecule has 170 valence electrons. The van der Waals surface area contributed by atoms with Crippen LogP contribution < -0.4 is 15.6 Å². The zero-order valence-corrected chi connectivity index (χ0v) is 17.8. The van der Waals surface area contributed by atoms with E-state index in [9.17, 15) is 9.36 Å². The third kappa shape index (κ3) is 3.74. The summed E-state index contributed by atoms with van der Waals surface area (Å²) in [5, 5.41) is 11.3. The number of nitrogens with two attached hydrogens (primary N) is 1. The number of alkyl halides is 1. The van der Waals surface area contributed by atoms with Crippen molar-refractivity contribution in [3.05, 3.63) is 6.33 Å². The number of halogens is 1. The summed E-state index contributed by atoms with van der Waals surface area (Å²) in [4.78, 5) is 23.4. The first-order valence-electron chi connectivity index (χ1n) is 9.46. The first-order valence-corrected chi connectivity index (χ1v) is 11.0. The largest absolute Gasteiger partial charge is 0.480 e. The van der Waals surface area contributed by atoms with Crippen LogP contribution in [0.5, 0.6) is 5.88 Å². The van der Waals surface area contributed by atoms with Crippen molar-refractivity contribution >= 4 is 30.8 Å². The molecule has 0 spiro atoms. The van der Waals surface area contributed by atoms with Gasteiger partial charge in [0, 0.05) is 0 Å². The van der Waals surface area contributed by atoms with E-state index in [0.29, 0.717) is 6.61 Å². The fraction of sp³-hybridized carbons (Fsp3) is 0.625. The van der Waals surface area contributed by atoms with Crippen molar-refractivity contribution in [1.29, 1.82) is 0 Å². The molecule has 2 aromatic heterocycles. The van der Waals surface area contributed by atoms with E-state index in [1.54, 1.807) is 6.92 Å². The number of nitrogen functional groups attached to an aromatic ring is 1. The van der Waals surface area contributed by atoms with E-state index >= 15 is 4.39 Å². The number of fused-ring (bicyclic) bond motifs is 2. The third-order valence-corrected chi connectivity index (χ3v) is 6.70. The molecular weight excluding hydrogens is 438 g/mol. The maximum Gasteiger partial charge on any atom is 0.406 e. The minimum atomic E-state index is -4.09. The predicted octanol–water partition coefficient (Wildman–Crippen LogP) is 1.02. The summed E-state index contributed by atoms with van der Waals surface area (Å²) in [5.74, 6) is -1.21. The van der Waals surface area contributed by atoms with Gasteiger partial charge in [-0.15, -0.1) is 0 Å². The van der Waals surface area contributed by atoms with Crippen molar-refractivity contribution in [2.24, 2.45) is 0 Å². The summed E-state index contributed by atoms with van der Waals surface area (Å²) in [7, 11) is -4.09. The molecule has 31 heavy (non-hydrogen) atoms. The third-order valence-electron chi connectivity index (χ3n) is 5.00. The fourth-order valence-corrected chi connectivity index (χ4v) is 5.30. The van der Waals surface area contributed by atoms with E-state index in [4.69, 9.17) is 29.4 Å². The lowest BCUT2D eigenvalue weighted by Gasteiger charge is -2.35. The van der Waals surface area contributed by atoms with Crippen molar-refractivity contribution in [2.45, 2.75) is 50.9 Å². The highest BCUT2D eigenvalue weighted by molar-refractivity contribution is 7.51. The number of carbonyl (C=O) groups is 1. The van der Waals surface area contributed by atoms with E-state index in [1.165, 1.54) is 24.7 Å². The average molecular weight is 460 g/mol. The fourth-order valence-electron chi connectivity index (χ4n) is 3.54. The molecule has 13 nitrogen and oxygen atoms in total. The lowest BCUT2D eigenvalue weighted by atomic mass is 9.98. The topological polar surface area (TPSA) is 173 Å². The van der Waals surface area contributed by atoms with Crippen molar-refractivity contribution in [2.75, 3.05) is 18.9 Å². The van der Waals surface area contributed by atoms with Crippen LogP contribution in [0.15, 0.2) is 6.33 Å². The molecule has 4 rings (SSSR count). The van der Waals surface area contributed by atoms with Gasteiger partial charge in [0.05, 0.1) is 19.5 Å². The lowest BCUT2D eigenvalue weighted by molar-refractivity contribution is -0.138. The van der Waals surface area contributed by atoms with Gasteiger partial charge < -0.3 is 20.3 Å². The van der Waals surface area contributed by atoms with E-state index in [0.717, 1.165) is 0 Å². The molecule has 2 saturated heterocycles. The first kappa shape index (κ1) is 21.8. The molecule has 4 N–H and O–H groups in total. The Hall–Kier alpha value is -2.38. The molecule has 0 radical (unpaired) electrons. The zero-order chi connectivity index (χ0) is 22.6. The highest BCUT2D eigenvalue weighted by Crippen LogP contribution is 2.57. The molecule has 15 heteroatoms. The standard InChI is InChI=1S/C16H22FN6O7P/c1-4-27-12-9-11(20-15(18)21-12)23(6-19-9)14-16(3,17)10-8(29-14)5-28-31(26,30-10)22-7(2)13(24)25/h6-8,10,14H,4-5H2,1-3H3,(H,22,26)(H,24,25)(H2,18,20,21)/t7?,8-,10-,14-,16-,31-/m1/s1. The Morgan fingerprint density at radius 2 is 2.32 bits per heavy atom. The van der Waals surface area contributed by atoms with Crippen molar-refractivity contribution in [3.8, 4) is 5.88 Å². The summed E-state index contributed by atoms with van der Waals surface area (Å²) >= 11 is 0. The van der Waals surface area contributed by atoms with Gasteiger partial charge in [0.25, 0.3) is 0 Å². The molecular formula is C16H22FN6O7P. The number of carboxylic acid groups (broad SMARTS) is 1. The van der Waals surface area contributed by atoms with Crippen LogP contribution in [0.1, 0.15) is 27.0 Å². The number of aromatic nitrogens is 4. The van der Waals surface area contributed by atoms with Crippen molar-refractivity contribution < 1.29 is 37.4 Å². The number of rotatable bonds is 6. The van der Waals surface area contributed by atoms with Crippen LogP contribution in [0.2, 0.25) is 0 Å². The van der Waals surface area contributed by atoms with E-state index in [-0.39, 0.29) is 29.6 Å². The Kier molecular flexibility index (Phi) is 5.38. The quantitative estimate of drug-likeness (QED) is 0.523. The molecule has 2 aliphatic heterocycles. The van der Waals surface area contributed by atoms with Crippen LogP contribution in [0.25, 0.3) is 11.2 Å². The SMILES string of the molecule is CCOc1nc(N)nc2c1ncn2[C@@H]1O[C@@H]2CO[P@](=O)(NC(C)C(=O)O)O[C@H]2[C@@]1(C)F. The summed E-state index contributed by atoms with van der Waals surface area (Å²) in [5.41, 5.74) is 4.00. The Morgan fingerprint density at radius 3 is 3.00 bits per heavy atom. The molecule has 4 heterocycles. The van der Waals surface area contributed by atoms with Crippen LogP contribution in [-0.4, -0.2) is 67.7 Å². The number of nitrogens with zero attached hydrogens (tertiary/aromatic N) is 4. The number of imidazole rings is 1. The monoisotopic (exact) mass is 460 g/mol. The zero-order valence-electron chi connectivity index (χ0n) is 16.9. The molecule has 6 atom stereocenters. The predicted molar refractivity (Wildman–Crippen MR) is 103 cm³/mol. The Balaban J connectivity index is 1.66. The van der Waals surface area contributed by atoms with Crippen LogP contribution in [0.3, 0.4) is 0 Å². The number of anilines is 1. The Labute approximate surface area is 175 Å². The maximum atomic E-state index is 16.0. The molecule has 0 amide bonds. The molecule has 0 bridgehead atoms. The van der Waals surface area contributed by atoms with Gasteiger partial charge in [-0.1, -0.05) is 0 Å². The average Bonchev–Trinajstić information content (AvgIpc) is 3.20. The Bertz CT molecular complexity index is 1060. The van der Waals surface area contributed by atoms with Gasteiger partial charge in [0.15, 0.2) is 23.1 Å². The van der Waals surface area contributed by atoms with E-state index < -0.39 is 43.9 Å². The highest BCUT2D eigenvalue weighted by Gasteiger charge is 2.61. The second kappa shape index (κ2) is 7.64. The van der Waals surface area contributed by atoms with Gasteiger partial charge >= 0.3 is 13.7 Å². The number of hydrogen-bond donors (Lipinski definition) is 3. The van der Waals surface area contributed by atoms with Gasteiger partial charge in [0.2, 0.25) is 11.8 Å². The normalized spacial score (nSPS) is 33.9. The molecule has 0 saturated carbocycles. The summed E-state index contributed by atoms with van der Waals surface area (Å²) in [6, 6.07) is -1.24. The minimum Gasteiger partial charge on any atom is -0.480 e. The molecule has 0 aliphatic carbocycles. The number of hydrogen-bond acceptors (Lipinski definition) is 10. The van der Waals surface area contributed by atoms with E-state index in [1.807, 2.05) is 0 Å². The van der Waals surface area contributed by atoms with Gasteiger partial charge in [0.1, 0.15) is 18.2 Å². The van der Waals surface area contributed by atoms with Crippen molar-refractivity contribution in [1.82, 2.24) is 24.6 Å². The van der Waals surface area contributed by atoms with E-state index in [2.05, 4.69) is 20.0 Å². The second-order valence-corrected chi connectivity index (χ2v) is 9.05. The molecule has 2 aromatic rings. The summed E-state index contributed by atoms with van der Waals surface area (Å²) in [6.07, 6.45) is -2.18. The number of nitrogens with one attached hydrogen (secondary N) is 1. The van der Waals surface area contributed by atoms with Crippen LogP contribution in [0.4, 0.5) is 10.3 Å². The lowest BCUT2D eigenvalue weighted by Crippen LogP contribution is -2.47. The summed E-state index contributed by atoms with van der Waals surface area (Å²) < 4.78 is 52.0. The second-order valence-electron chi connectivity index (χ2n) is 7.33. The van der Waals surface area contributed by atoms with Crippen LogP contribution >= 0.6 is 7.75 Å². The van der Waals surface area contributed by atoms with Crippen LogP contribution in [-0.2, 0) is 23.1 Å². The maximum absolute atomic E-state index is 16.0. The van der Waals surface area contributed by atoms with Crippen molar-refractivity contribution in [3.63, 3.8) is 0 Å². The number of ether oxygens (including phenoxy) is 2. The van der Waals surface area contributed by atoms with Gasteiger partial charge in [-0.3, -0.25) is 18.4 Å². The molecule has 1 unspecified atom stereocenters. The first-order chi connectivity index (χ1) is 14.6. The number of carboxylic acids is 1. The smallest absolute Gasteiger partial charge is 0.406 e. The van der Waals surface area contributed by atoms with Crippen LogP contribution in [0, 0.1) is 0 Å². The molecule has 2 fully saturated rings. The Morgan fingerprint density at radius 1 is 1.58 bits per heavy atom. The van der Waals surface area contributed by atoms with Gasteiger partial charge in [-0.2, -0.15) is 9.97 Å². The molecule has 0 aromatic carbocycles. The van der Waals surface area contributed by atoms with Gasteiger partial charge in [-0.05, 0) is 20.8 Å². The summed E-state index contributed by atoms with van der Waals surface area (Å²) in [6.45, 7) is 4.29. The van der Waals surface area contributed by atoms with Gasteiger partial charge in [-0.25, -0.2) is 19.0 Å². The number of aliphatic carboxylic acids is 1. The minimum absolute atomic E-state index is 0.0929. The molecule has 2 aliphatic rings. The highest BCUT2D eigenvalue weighted by atomic mass is 31.2.